The highest BCUT2D eigenvalue weighted by molar-refractivity contribution is 5.82. The fraction of sp³-hybridized carbons (Fsp3) is 0.250. The molecule has 29 heavy (non-hydrogen) atoms. The molecule has 0 unspecified atom stereocenters. The Bertz CT molecular complexity index is 1170. The van der Waals surface area contributed by atoms with Gasteiger partial charge < -0.3 is 5.11 Å². The molecule has 1 N–H and O–H groups in total. The summed E-state index contributed by atoms with van der Waals surface area (Å²) in [5.41, 5.74) is -1.11. The molecule has 2 aromatic carbocycles. The Kier molecular flexibility index (Phi) is 4.62. The summed E-state index contributed by atoms with van der Waals surface area (Å²) in [5, 5.41) is 20.4. The van der Waals surface area contributed by atoms with Crippen LogP contribution in [0, 0.1) is 24.4 Å². The second-order valence-corrected chi connectivity index (χ2v) is 6.98. The van der Waals surface area contributed by atoms with Crippen molar-refractivity contribution in [1.29, 1.82) is 0 Å². The number of benzene rings is 2. The van der Waals surface area contributed by atoms with E-state index in [1.54, 1.807) is 26.0 Å². The van der Waals surface area contributed by atoms with Gasteiger partial charge in [-0.05, 0) is 32.0 Å². The largest absolute Gasteiger partial charge is 0.381 e. The number of fused-ring (bicyclic) bond motifs is 1. The molecule has 0 saturated carbocycles. The summed E-state index contributed by atoms with van der Waals surface area (Å²) in [6.45, 7) is 3.14. The van der Waals surface area contributed by atoms with E-state index in [2.05, 4.69) is 15.2 Å². The van der Waals surface area contributed by atoms with Crippen molar-refractivity contribution in [2.24, 2.45) is 0 Å². The molecule has 4 aromatic rings. The molecule has 2 heterocycles. The maximum atomic E-state index is 14.7. The lowest BCUT2D eigenvalue weighted by molar-refractivity contribution is -0.0373. The van der Waals surface area contributed by atoms with Crippen LogP contribution < -0.4 is 0 Å². The normalized spacial score (nSPS) is 14.8. The molecule has 0 saturated heterocycles. The number of hydrogen-bond acceptors (Lipinski definition) is 4. The predicted octanol–water partition coefficient (Wildman–Crippen LogP) is 3.50. The maximum Gasteiger partial charge on any atom is 0.137 e. The molecule has 0 amide bonds. The van der Waals surface area contributed by atoms with Crippen LogP contribution in [0.15, 0.2) is 49.1 Å². The quantitative estimate of drug-likeness (QED) is 0.556. The van der Waals surface area contributed by atoms with E-state index in [-0.39, 0.29) is 12.1 Å². The van der Waals surface area contributed by atoms with Crippen LogP contribution in [0.25, 0.3) is 10.9 Å². The fourth-order valence-corrected chi connectivity index (χ4v) is 3.68. The van der Waals surface area contributed by atoms with Gasteiger partial charge in [-0.2, -0.15) is 10.2 Å². The third-order valence-corrected chi connectivity index (χ3v) is 5.24. The van der Waals surface area contributed by atoms with Gasteiger partial charge in [0.05, 0.1) is 23.5 Å². The Hall–Kier alpha value is -3.20. The summed E-state index contributed by atoms with van der Waals surface area (Å²) in [7, 11) is 0. The minimum Gasteiger partial charge on any atom is -0.381 e. The van der Waals surface area contributed by atoms with Crippen molar-refractivity contribution < 1.29 is 18.3 Å². The molecular formula is C20H18F3N5O. The first-order chi connectivity index (χ1) is 13.8. The van der Waals surface area contributed by atoms with Gasteiger partial charge in [-0.25, -0.2) is 22.8 Å². The summed E-state index contributed by atoms with van der Waals surface area (Å²) < 4.78 is 45.3. The van der Waals surface area contributed by atoms with E-state index in [4.69, 9.17) is 0 Å². The van der Waals surface area contributed by atoms with E-state index in [9.17, 15) is 18.3 Å². The SMILES string of the molecule is Cc1c2c(F)cccc2nn1[C@H](C)[C@](O)(Cn1cncn1)c1ccc(F)cc1F. The Morgan fingerprint density at radius 1 is 1.14 bits per heavy atom. The lowest BCUT2D eigenvalue weighted by Crippen LogP contribution is -2.41. The Labute approximate surface area is 164 Å². The molecule has 6 nitrogen and oxygen atoms in total. The van der Waals surface area contributed by atoms with Gasteiger partial charge in [-0.1, -0.05) is 12.1 Å². The molecule has 0 bridgehead atoms. The number of rotatable bonds is 5. The molecule has 150 valence electrons. The molecule has 0 aliphatic rings. The average Bonchev–Trinajstić information content (AvgIpc) is 3.29. The first kappa shape index (κ1) is 19.1. The van der Waals surface area contributed by atoms with Gasteiger partial charge in [0, 0.05) is 17.3 Å². The molecule has 0 radical (unpaired) electrons. The molecule has 0 aliphatic heterocycles. The zero-order valence-electron chi connectivity index (χ0n) is 15.7. The van der Waals surface area contributed by atoms with Crippen molar-refractivity contribution in [3.63, 3.8) is 0 Å². The number of halogens is 3. The van der Waals surface area contributed by atoms with Crippen LogP contribution in [0.3, 0.4) is 0 Å². The zero-order valence-corrected chi connectivity index (χ0v) is 15.7. The third-order valence-electron chi connectivity index (χ3n) is 5.24. The maximum absolute atomic E-state index is 14.7. The first-order valence-corrected chi connectivity index (χ1v) is 8.95. The molecule has 2 atom stereocenters. The van der Waals surface area contributed by atoms with Gasteiger partial charge in [0.25, 0.3) is 0 Å². The van der Waals surface area contributed by atoms with Crippen LogP contribution in [0.2, 0.25) is 0 Å². The smallest absolute Gasteiger partial charge is 0.137 e. The Morgan fingerprint density at radius 2 is 1.93 bits per heavy atom. The predicted molar refractivity (Wildman–Crippen MR) is 99.4 cm³/mol. The summed E-state index contributed by atoms with van der Waals surface area (Å²) >= 11 is 0. The fourth-order valence-electron chi connectivity index (χ4n) is 3.68. The van der Waals surface area contributed by atoms with Gasteiger partial charge in [0.15, 0.2) is 0 Å². The molecule has 0 aliphatic carbocycles. The van der Waals surface area contributed by atoms with Crippen LogP contribution in [0.5, 0.6) is 0 Å². The minimum atomic E-state index is -1.88. The number of hydrogen-bond donors (Lipinski definition) is 1. The van der Waals surface area contributed by atoms with E-state index in [0.29, 0.717) is 22.7 Å². The van der Waals surface area contributed by atoms with Crippen molar-refractivity contribution in [3.8, 4) is 0 Å². The van der Waals surface area contributed by atoms with Crippen LogP contribution in [-0.4, -0.2) is 29.7 Å². The monoisotopic (exact) mass is 401 g/mol. The van der Waals surface area contributed by atoms with Crippen LogP contribution in [0.4, 0.5) is 13.2 Å². The van der Waals surface area contributed by atoms with Gasteiger partial charge >= 0.3 is 0 Å². The molecule has 0 spiro atoms. The summed E-state index contributed by atoms with van der Waals surface area (Å²) in [6.07, 6.45) is 2.67. The zero-order chi connectivity index (χ0) is 20.8. The van der Waals surface area contributed by atoms with E-state index >= 15 is 0 Å². The lowest BCUT2D eigenvalue weighted by atomic mass is 9.86. The third kappa shape index (κ3) is 3.17. The topological polar surface area (TPSA) is 68.8 Å². The molecule has 2 aromatic heterocycles. The van der Waals surface area contributed by atoms with E-state index in [1.807, 2.05) is 0 Å². The number of aromatic nitrogens is 5. The van der Waals surface area contributed by atoms with Crippen LogP contribution >= 0.6 is 0 Å². The van der Waals surface area contributed by atoms with Gasteiger partial charge in [0.1, 0.15) is 35.7 Å². The number of aliphatic hydroxyl groups is 1. The molecule has 4 rings (SSSR count). The second-order valence-electron chi connectivity index (χ2n) is 6.98. The summed E-state index contributed by atoms with van der Waals surface area (Å²) in [5.74, 6) is -2.10. The van der Waals surface area contributed by atoms with Crippen molar-refractivity contribution >= 4 is 10.9 Å². The van der Waals surface area contributed by atoms with Crippen LogP contribution in [0.1, 0.15) is 24.2 Å². The van der Waals surface area contributed by atoms with Crippen molar-refractivity contribution in [3.05, 3.63) is 77.8 Å². The standard InChI is InChI=1S/C20H18F3N5O/c1-12-19-16(22)4-3-5-18(19)26-28(12)13(2)20(29,9-27-11-24-10-25-27)15-7-6-14(21)8-17(15)23/h3-8,10-11,13,29H,9H2,1-2H3/t13-,20-/m1/s1. The first-order valence-electron chi connectivity index (χ1n) is 8.95. The van der Waals surface area contributed by atoms with Crippen molar-refractivity contribution in [2.45, 2.75) is 32.0 Å². The summed E-state index contributed by atoms with van der Waals surface area (Å²) in [4.78, 5) is 3.85. The number of nitrogens with zero attached hydrogens (tertiary/aromatic N) is 5. The number of aryl methyl sites for hydroxylation is 1. The van der Waals surface area contributed by atoms with Gasteiger partial charge in [-0.3, -0.25) is 4.68 Å². The van der Waals surface area contributed by atoms with E-state index in [0.717, 1.165) is 6.07 Å². The Balaban J connectivity index is 1.89. The highest BCUT2D eigenvalue weighted by Gasteiger charge is 2.41. The van der Waals surface area contributed by atoms with Crippen LogP contribution in [-0.2, 0) is 12.1 Å². The van der Waals surface area contributed by atoms with E-state index in [1.165, 1.54) is 34.2 Å². The Morgan fingerprint density at radius 3 is 2.59 bits per heavy atom. The van der Waals surface area contributed by atoms with E-state index < -0.39 is 29.1 Å². The highest BCUT2D eigenvalue weighted by Crippen LogP contribution is 2.38. The van der Waals surface area contributed by atoms with Crippen molar-refractivity contribution in [2.75, 3.05) is 0 Å². The molecule has 0 fully saturated rings. The minimum absolute atomic E-state index is 0.124. The molecule has 9 heteroatoms. The lowest BCUT2D eigenvalue weighted by Gasteiger charge is -2.35. The highest BCUT2D eigenvalue weighted by atomic mass is 19.1. The summed E-state index contributed by atoms with van der Waals surface area (Å²) in [6, 6.07) is 6.65. The van der Waals surface area contributed by atoms with Gasteiger partial charge in [-0.15, -0.1) is 0 Å². The van der Waals surface area contributed by atoms with Crippen molar-refractivity contribution in [1.82, 2.24) is 24.5 Å². The van der Waals surface area contributed by atoms with Gasteiger partial charge in [0.2, 0.25) is 0 Å². The average molecular weight is 401 g/mol. The second kappa shape index (κ2) is 7.00. The molecular weight excluding hydrogens is 383 g/mol.